The Bertz CT molecular complexity index is 1140. The summed E-state index contributed by atoms with van der Waals surface area (Å²) in [5, 5.41) is 22.8. The van der Waals surface area contributed by atoms with Crippen molar-refractivity contribution in [2.75, 3.05) is 32.5 Å². The summed E-state index contributed by atoms with van der Waals surface area (Å²) in [6, 6.07) is 7.47. The van der Waals surface area contributed by atoms with Crippen molar-refractivity contribution in [1.29, 1.82) is 0 Å². The maximum Gasteiger partial charge on any atom is 0.308 e. The second-order valence-electron chi connectivity index (χ2n) is 9.19. The molecule has 0 aliphatic carbocycles. The number of ether oxygens (including phenoxy) is 1. The Morgan fingerprint density at radius 1 is 1.29 bits per heavy atom. The number of benzene rings is 1. The van der Waals surface area contributed by atoms with Crippen molar-refractivity contribution in [2.24, 2.45) is 18.9 Å². The van der Waals surface area contributed by atoms with E-state index in [-0.39, 0.29) is 5.92 Å². The zero-order valence-electron chi connectivity index (χ0n) is 20.3. The lowest BCUT2D eigenvalue weighted by Crippen LogP contribution is -2.44. The summed E-state index contributed by atoms with van der Waals surface area (Å²) in [5.41, 5.74) is 1.61. The first-order valence-electron chi connectivity index (χ1n) is 12.1. The molecule has 1 unspecified atom stereocenters. The molecule has 0 radical (unpaired) electrons. The predicted molar refractivity (Wildman–Crippen MR) is 137 cm³/mol. The number of aryl methyl sites for hydroxylation is 1. The number of likely N-dealkylation sites (tertiary alicyclic amines) is 1. The highest BCUT2D eigenvalue weighted by Gasteiger charge is 2.34. The van der Waals surface area contributed by atoms with Crippen molar-refractivity contribution in [3.05, 3.63) is 48.4 Å². The number of aliphatic hydroxyl groups excluding tert-OH is 1. The average molecular weight is 499 g/mol. The molecule has 1 aliphatic rings. The van der Waals surface area contributed by atoms with E-state index < -0.39 is 18.0 Å². The molecule has 3 aromatic rings. The van der Waals surface area contributed by atoms with Crippen LogP contribution in [0.1, 0.15) is 37.4 Å². The first kappa shape index (κ1) is 25.5. The van der Waals surface area contributed by atoms with Gasteiger partial charge in [-0.05, 0) is 74.5 Å². The van der Waals surface area contributed by atoms with Gasteiger partial charge in [0.05, 0.1) is 24.6 Å². The average Bonchev–Trinajstić information content (AvgIpc) is 3.29. The largest absolute Gasteiger partial charge is 0.497 e. The highest BCUT2D eigenvalue weighted by Crippen LogP contribution is 2.34. The van der Waals surface area contributed by atoms with Crippen LogP contribution in [0.2, 0.25) is 0 Å². The van der Waals surface area contributed by atoms with Gasteiger partial charge in [0.2, 0.25) is 0 Å². The smallest absolute Gasteiger partial charge is 0.308 e. The van der Waals surface area contributed by atoms with Gasteiger partial charge < -0.3 is 24.4 Å². The zero-order chi connectivity index (χ0) is 24.8. The quantitative estimate of drug-likeness (QED) is 0.302. The number of piperidine rings is 1. The van der Waals surface area contributed by atoms with E-state index in [4.69, 9.17) is 4.74 Å². The number of aromatic nitrogens is 3. The Morgan fingerprint density at radius 3 is 2.89 bits per heavy atom. The highest BCUT2D eigenvalue weighted by atomic mass is 32.2. The third-order valence-electron chi connectivity index (χ3n) is 6.94. The van der Waals surface area contributed by atoms with E-state index in [0.717, 1.165) is 59.1 Å². The lowest BCUT2D eigenvalue weighted by Gasteiger charge is -2.37. The van der Waals surface area contributed by atoms with Gasteiger partial charge in [-0.25, -0.2) is 4.98 Å². The van der Waals surface area contributed by atoms with E-state index >= 15 is 0 Å². The lowest BCUT2D eigenvalue weighted by molar-refractivity contribution is -0.146. The van der Waals surface area contributed by atoms with Gasteiger partial charge in [0.15, 0.2) is 5.16 Å². The Hall–Kier alpha value is -2.62. The predicted octanol–water partition coefficient (Wildman–Crippen LogP) is 4.00. The molecule has 4 rings (SSSR count). The molecule has 1 aliphatic heterocycles. The topological polar surface area (TPSA) is 101 Å². The van der Waals surface area contributed by atoms with Gasteiger partial charge in [0, 0.05) is 43.3 Å². The minimum atomic E-state index is -0.740. The SMILES string of the molecule is COc1ccc2nccc(C(O)CC[C@@H]3CCN(CCCSc4nccn4C)C[C@@H]3C(=O)O)c2c1. The zero-order valence-corrected chi connectivity index (χ0v) is 21.2. The maximum atomic E-state index is 12.1. The first-order valence-corrected chi connectivity index (χ1v) is 13.1. The summed E-state index contributed by atoms with van der Waals surface area (Å²) >= 11 is 1.73. The van der Waals surface area contributed by atoms with E-state index in [1.807, 2.05) is 42.1 Å². The molecule has 0 saturated carbocycles. The fourth-order valence-electron chi connectivity index (χ4n) is 4.93. The number of aliphatic carboxylic acids is 1. The van der Waals surface area contributed by atoms with Crippen LogP contribution in [-0.4, -0.2) is 68.1 Å². The number of carbonyl (C=O) groups is 1. The van der Waals surface area contributed by atoms with E-state index in [0.29, 0.717) is 19.4 Å². The number of hydrogen-bond donors (Lipinski definition) is 2. The summed E-state index contributed by atoms with van der Waals surface area (Å²) < 4.78 is 7.35. The van der Waals surface area contributed by atoms with E-state index in [1.54, 1.807) is 31.3 Å². The van der Waals surface area contributed by atoms with Crippen LogP contribution in [0, 0.1) is 11.8 Å². The van der Waals surface area contributed by atoms with Gasteiger partial charge in [-0.1, -0.05) is 11.8 Å². The van der Waals surface area contributed by atoms with Crippen LogP contribution in [0.3, 0.4) is 0 Å². The number of fused-ring (bicyclic) bond motifs is 1. The van der Waals surface area contributed by atoms with Crippen molar-refractivity contribution in [1.82, 2.24) is 19.4 Å². The van der Waals surface area contributed by atoms with Gasteiger partial charge in [-0.15, -0.1) is 0 Å². The molecule has 8 nitrogen and oxygen atoms in total. The molecule has 1 saturated heterocycles. The number of pyridine rings is 1. The second kappa shape index (κ2) is 11.9. The molecule has 1 fully saturated rings. The fraction of sp³-hybridized carbons (Fsp3) is 0.500. The van der Waals surface area contributed by atoms with Crippen LogP contribution >= 0.6 is 11.8 Å². The molecule has 35 heavy (non-hydrogen) atoms. The number of nitrogens with zero attached hydrogens (tertiary/aromatic N) is 4. The van der Waals surface area contributed by atoms with Crippen molar-refractivity contribution in [3.63, 3.8) is 0 Å². The third kappa shape index (κ3) is 6.34. The standard InChI is InChI=1S/C26H34N4O4S/c1-29-14-11-28-26(29)35-15-3-12-30-13-9-18(22(17-30)25(32)33)4-7-24(31)20-8-10-27-23-6-5-19(34-2)16-21(20)23/h5-6,8,10-11,14,16,18,22,24,31H,3-4,7,9,12-13,15,17H2,1-2H3,(H,32,33)/t18-,22+,24?/m1/s1. The Morgan fingerprint density at radius 2 is 2.14 bits per heavy atom. The normalized spacial score (nSPS) is 19.6. The monoisotopic (exact) mass is 498 g/mol. The summed E-state index contributed by atoms with van der Waals surface area (Å²) in [6.07, 6.45) is 7.79. The highest BCUT2D eigenvalue weighted by molar-refractivity contribution is 7.99. The van der Waals surface area contributed by atoms with Crippen molar-refractivity contribution in [2.45, 2.75) is 36.9 Å². The molecular weight excluding hydrogens is 464 g/mol. The van der Waals surface area contributed by atoms with Crippen LogP contribution < -0.4 is 4.74 Å². The summed E-state index contributed by atoms with van der Waals surface area (Å²) in [5.74, 6) is 0.584. The Kier molecular flexibility index (Phi) is 8.64. The molecule has 2 N–H and O–H groups in total. The minimum Gasteiger partial charge on any atom is -0.497 e. The van der Waals surface area contributed by atoms with Crippen LogP contribution in [-0.2, 0) is 11.8 Å². The van der Waals surface area contributed by atoms with Gasteiger partial charge >= 0.3 is 5.97 Å². The Labute approximate surface area is 210 Å². The van der Waals surface area contributed by atoms with Crippen molar-refractivity contribution >= 4 is 28.6 Å². The lowest BCUT2D eigenvalue weighted by atomic mass is 9.81. The minimum absolute atomic E-state index is 0.0583. The molecule has 9 heteroatoms. The molecule has 2 aromatic heterocycles. The van der Waals surface area contributed by atoms with Gasteiger partial charge in [-0.2, -0.15) is 0 Å². The number of aliphatic hydroxyl groups is 1. The van der Waals surface area contributed by atoms with Crippen LogP contribution in [0.5, 0.6) is 5.75 Å². The van der Waals surface area contributed by atoms with E-state index in [2.05, 4.69) is 14.9 Å². The van der Waals surface area contributed by atoms with Crippen molar-refractivity contribution < 1.29 is 19.7 Å². The molecule has 1 aromatic carbocycles. The molecule has 0 amide bonds. The number of imidazole rings is 1. The molecule has 3 heterocycles. The number of thioether (sulfide) groups is 1. The van der Waals surface area contributed by atoms with E-state index in [1.165, 1.54) is 0 Å². The van der Waals surface area contributed by atoms with Crippen LogP contribution in [0.4, 0.5) is 0 Å². The van der Waals surface area contributed by atoms with Gasteiger partial charge in [0.1, 0.15) is 5.75 Å². The molecule has 0 spiro atoms. The molecule has 3 atom stereocenters. The fourth-order valence-corrected chi connectivity index (χ4v) is 5.79. The molecule has 0 bridgehead atoms. The van der Waals surface area contributed by atoms with Crippen LogP contribution in [0.15, 0.2) is 48.0 Å². The summed E-state index contributed by atoms with van der Waals surface area (Å²) in [4.78, 5) is 23.1. The number of carboxylic acids is 1. The maximum absolute atomic E-state index is 12.1. The van der Waals surface area contributed by atoms with E-state index in [9.17, 15) is 15.0 Å². The molecular formula is C26H34N4O4S. The number of methoxy groups -OCH3 is 1. The number of carboxylic acid groups (broad SMARTS) is 1. The van der Waals surface area contributed by atoms with Crippen molar-refractivity contribution in [3.8, 4) is 5.75 Å². The summed E-state index contributed by atoms with van der Waals surface area (Å²) in [6.45, 7) is 2.35. The van der Waals surface area contributed by atoms with Gasteiger partial charge in [-0.3, -0.25) is 9.78 Å². The summed E-state index contributed by atoms with van der Waals surface area (Å²) in [7, 11) is 3.61. The van der Waals surface area contributed by atoms with Gasteiger partial charge in [0.25, 0.3) is 0 Å². The first-order chi connectivity index (χ1) is 17.0. The third-order valence-corrected chi connectivity index (χ3v) is 8.08. The van der Waals surface area contributed by atoms with Crippen LogP contribution in [0.25, 0.3) is 10.9 Å². The second-order valence-corrected chi connectivity index (χ2v) is 10.3. The molecule has 188 valence electrons. The number of rotatable bonds is 11. The number of hydrogen-bond acceptors (Lipinski definition) is 7. The Balaban J connectivity index is 1.30.